The third-order valence-corrected chi connectivity index (χ3v) is 6.04. The quantitative estimate of drug-likeness (QED) is 0.571. The van der Waals surface area contributed by atoms with E-state index >= 15 is 0 Å². The fourth-order valence-electron chi connectivity index (χ4n) is 3.86. The molecule has 0 aliphatic carbocycles. The van der Waals surface area contributed by atoms with Crippen LogP contribution in [0, 0.1) is 6.92 Å². The maximum absolute atomic E-state index is 12.8. The third kappa shape index (κ3) is 4.75. The lowest BCUT2D eigenvalue weighted by Crippen LogP contribution is -2.50. The van der Waals surface area contributed by atoms with E-state index in [-0.39, 0.29) is 18.6 Å². The van der Waals surface area contributed by atoms with Gasteiger partial charge in [-0.1, -0.05) is 37.3 Å². The molecule has 1 aliphatic heterocycles. The number of hydrogen-bond donors (Lipinski definition) is 1. The number of aryl methyl sites for hydroxylation is 1. The van der Waals surface area contributed by atoms with Crippen molar-refractivity contribution in [1.82, 2.24) is 9.55 Å². The topological polar surface area (TPSA) is 134 Å². The molecule has 0 bridgehead atoms. The fourth-order valence-corrected chi connectivity index (χ4v) is 4.46. The molecule has 1 saturated heterocycles. The van der Waals surface area contributed by atoms with Crippen LogP contribution < -0.4 is 11.2 Å². The zero-order valence-electron chi connectivity index (χ0n) is 18.2. The molecular formula is C21H26N2O8S. The first kappa shape index (κ1) is 24.1. The van der Waals surface area contributed by atoms with Gasteiger partial charge in [-0.25, -0.2) is 4.79 Å². The highest BCUT2D eigenvalue weighted by Crippen LogP contribution is 2.43. The van der Waals surface area contributed by atoms with Gasteiger partial charge in [-0.15, -0.1) is 0 Å². The lowest BCUT2D eigenvalue weighted by Gasteiger charge is -2.31. The van der Waals surface area contributed by atoms with Crippen LogP contribution in [-0.4, -0.2) is 47.8 Å². The minimum atomic E-state index is -4.04. The van der Waals surface area contributed by atoms with Crippen molar-refractivity contribution in [2.75, 3.05) is 6.26 Å². The second-order valence-electron chi connectivity index (χ2n) is 7.77. The molecule has 11 heteroatoms. The van der Waals surface area contributed by atoms with E-state index in [1.807, 2.05) is 30.3 Å². The molecule has 1 N–H and O–H groups in total. The SMILES string of the molecule is CC[C@@]1(C(C)=O)O[C@@H](n2cc(C)c(=O)[nH]c2=O)[C@@H](OS(C)(=O)=O)C1OCc1ccccc1. The van der Waals surface area contributed by atoms with Crippen molar-refractivity contribution in [3.63, 3.8) is 0 Å². The molecule has 1 aliphatic rings. The van der Waals surface area contributed by atoms with Gasteiger partial charge >= 0.3 is 5.69 Å². The summed E-state index contributed by atoms with van der Waals surface area (Å²) in [5, 5.41) is 0. The molecule has 174 valence electrons. The molecule has 0 amide bonds. The van der Waals surface area contributed by atoms with Crippen molar-refractivity contribution >= 4 is 15.9 Å². The van der Waals surface area contributed by atoms with E-state index in [2.05, 4.69) is 4.98 Å². The van der Waals surface area contributed by atoms with E-state index in [9.17, 15) is 22.8 Å². The highest BCUT2D eigenvalue weighted by atomic mass is 32.2. The first-order valence-corrected chi connectivity index (χ1v) is 11.8. The summed E-state index contributed by atoms with van der Waals surface area (Å²) >= 11 is 0. The van der Waals surface area contributed by atoms with E-state index in [0.29, 0.717) is 0 Å². The Morgan fingerprint density at radius 2 is 1.91 bits per heavy atom. The second-order valence-corrected chi connectivity index (χ2v) is 9.37. The molecule has 0 radical (unpaired) electrons. The van der Waals surface area contributed by atoms with Gasteiger partial charge < -0.3 is 9.47 Å². The summed E-state index contributed by atoms with van der Waals surface area (Å²) in [7, 11) is -4.04. The highest BCUT2D eigenvalue weighted by Gasteiger charge is 2.60. The lowest BCUT2D eigenvalue weighted by molar-refractivity contribution is -0.160. The van der Waals surface area contributed by atoms with Gasteiger partial charge in [0.05, 0.1) is 12.9 Å². The number of ketones is 1. The van der Waals surface area contributed by atoms with Crippen LogP contribution >= 0.6 is 0 Å². The van der Waals surface area contributed by atoms with Crippen molar-refractivity contribution in [3.05, 3.63) is 68.5 Å². The maximum atomic E-state index is 12.8. The number of carbonyl (C=O) groups excluding carboxylic acids is 1. The van der Waals surface area contributed by atoms with Crippen LogP contribution in [-0.2, 0) is 35.2 Å². The second kappa shape index (κ2) is 9.10. The Labute approximate surface area is 185 Å². The Morgan fingerprint density at radius 1 is 1.25 bits per heavy atom. The molecule has 4 atom stereocenters. The first-order chi connectivity index (χ1) is 15.0. The van der Waals surface area contributed by atoms with Gasteiger partial charge in [0.1, 0.15) is 6.10 Å². The molecule has 1 aromatic heterocycles. The third-order valence-electron chi connectivity index (χ3n) is 5.47. The average Bonchev–Trinajstić information content (AvgIpc) is 3.02. The van der Waals surface area contributed by atoms with E-state index in [1.54, 1.807) is 6.92 Å². The summed E-state index contributed by atoms with van der Waals surface area (Å²) in [6.07, 6.45) is -1.61. The van der Waals surface area contributed by atoms with E-state index < -0.39 is 51.2 Å². The molecule has 2 heterocycles. The summed E-state index contributed by atoms with van der Waals surface area (Å²) < 4.78 is 42.6. The Bertz CT molecular complexity index is 1200. The number of aromatic amines is 1. The summed E-state index contributed by atoms with van der Waals surface area (Å²) in [5.74, 6) is -0.406. The van der Waals surface area contributed by atoms with Crippen LogP contribution in [0.25, 0.3) is 0 Å². The number of ether oxygens (including phenoxy) is 2. The standard InChI is InChI=1S/C21H26N2O8S/c1-5-21(14(3)24)17(29-12-15-9-7-6-8-10-15)16(31-32(4,27)28)19(30-21)23-11-13(2)18(25)22-20(23)26/h6-11,16-17,19H,5,12H2,1-4H3,(H,22,25,26)/t16-,17?,19+,21-/m0/s1. The van der Waals surface area contributed by atoms with Crippen LogP contribution in [0.3, 0.4) is 0 Å². The first-order valence-electron chi connectivity index (χ1n) is 10.0. The molecule has 3 rings (SSSR count). The van der Waals surface area contributed by atoms with Crippen LogP contribution in [0.1, 0.15) is 37.6 Å². The molecule has 2 aromatic rings. The predicted molar refractivity (Wildman–Crippen MR) is 115 cm³/mol. The molecule has 1 unspecified atom stereocenters. The molecule has 0 saturated carbocycles. The molecule has 32 heavy (non-hydrogen) atoms. The fraction of sp³-hybridized carbons (Fsp3) is 0.476. The Morgan fingerprint density at radius 3 is 2.47 bits per heavy atom. The molecule has 1 aromatic carbocycles. The van der Waals surface area contributed by atoms with Crippen LogP contribution in [0.4, 0.5) is 0 Å². The van der Waals surface area contributed by atoms with Crippen molar-refractivity contribution in [3.8, 4) is 0 Å². The number of aromatic nitrogens is 2. The molecule has 10 nitrogen and oxygen atoms in total. The van der Waals surface area contributed by atoms with Gasteiger partial charge in [0.15, 0.2) is 23.7 Å². The normalized spacial score (nSPS) is 25.7. The number of H-pyrrole nitrogens is 1. The summed E-state index contributed by atoms with van der Waals surface area (Å²) in [6.45, 7) is 4.54. The number of carbonyl (C=O) groups is 1. The Balaban J connectivity index is 2.13. The van der Waals surface area contributed by atoms with Crippen molar-refractivity contribution < 1.29 is 26.9 Å². The van der Waals surface area contributed by atoms with Crippen LogP contribution in [0.5, 0.6) is 0 Å². The maximum Gasteiger partial charge on any atom is 0.330 e. The Hall–Kier alpha value is -2.60. The largest absolute Gasteiger partial charge is 0.367 e. The minimum absolute atomic E-state index is 0.0553. The van der Waals surface area contributed by atoms with Crippen molar-refractivity contribution in [1.29, 1.82) is 0 Å². The van der Waals surface area contributed by atoms with Gasteiger partial charge in [0.2, 0.25) is 0 Å². The van der Waals surface area contributed by atoms with Crippen LogP contribution in [0.15, 0.2) is 46.1 Å². The van der Waals surface area contributed by atoms with Crippen molar-refractivity contribution in [2.24, 2.45) is 0 Å². The molecular weight excluding hydrogens is 440 g/mol. The van der Waals surface area contributed by atoms with Crippen molar-refractivity contribution in [2.45, 2.75) is 57.8 Å². The van der Waals surface area contributed by atoms with E-state index in [0.717, 1.165) is 16.4 Å². The average molecular weight is 467 g/mol. The highest BCUT2D eigenvalue weighted by molar-refractivity contribution is 7.86. The summed E-state index contributed by atoms with van der Waals surface area (Å²) in [5.41, 5.74) is -2.00. The monoisotopic (exact) mass is 466 g/mol. The summed E-state index contributed by atoms with van der Waals surface area (Å²) in [4.78, 5) is 39.3. The zero-order chi connectivity index (χ0) is 23.7. The number of Topliss-reactive ketones (excluding diaryl/α,β-unsaturated/α-hetero) is 1. The van der Waals surface area contributed by atoms with E-state index in [4.69, 9.17) is 13.7 Å². The molecule has 0 spiro atoms. The zero-order valence-corrected chi connectivity index (χ0v) is 19.0. The predicted octanol–water partition coefficient (Wildman–Crippen LogP) is 1.04. The number of nitrogens with one attached hydrogen (secondary N) is 1. The van der Waals surface area contributed by atoms with Gasteiger partial charge in [0.25, 0.3) is 15.7 Å². The van der Waals surface area contributed by atoms with Gasteiger partial charge in [-0.2, -0.15) is 8.42 Å². The number of benzene rings is 1. The number of rotatable bonds is 8. The minimum Gasteiger partial charge on any atom is -0.367 e. The smallest absolute Gasteiger partial charge is 0.330 e. The number of hydrogen-bond acceptors (Lipinski definition) is 8. The van der Waals surface area contributed by atoms with Gasteiger partial charge in [-0.3, -0.25) is 23.3 Å². The number of nitrogens with zero attached hydrogens (tertiary/aromatic N) is 1. The van der Waals surface area contributed by atoms with E-state index in [1.165, 1.54) is 20.0 Å². The summed E-state index contributed by atoms with van der Waals surface area (Å²) in [6, 6.07) is 9.11. The lowest BCUT2D eigenvalue weighted by atomic mass is 9.88. The van der Waals surface area contributed by atoms with Gasteiger partial charge in [0, 0.05) is 11.8 Å². The molecule has 1 fully saturated rings. The van der Waals surface area contributed by atoms with Crippen LogP contribution in [0.2, 0.25) is 0 Å². The Kier molecular flexibility index (Phi) is 6.84. The van der Waals surface area contributed by atoms with Gasteiger partial charge in [-0.05, 0) is 25.8 Å².